The molecule has 3 rings (SSSR count). The number of rotatable bonds is 3. The summed E-state index contributed by atoms with van der Waals surface area (Å²) in [5.41, 5.74) is 4.17. The molecule has 0 spiro atoms. The van der Waals surface area contributed by atoms with Crippen LogP contribution in [0.2, 0.25) is 0 Å². The van der Waals surface area contributed by atoms with E-state index in [9.17, 15) is 0 Å². The van der Waals surface area contributed by atoms with Crippen LogP contribution < -0.4 is 10.1 Å². The highest BCUT2D eigenvalue weighted by Gasteiger charge is 2.06. The van der Waals surface area contributed by atoms with Crippen LogP contribution in [0.15, 0.2) is 42.7 Å². The van der Waals surface area contributed by atoms with Crippen molar-refractivity contribution in [1.29, 1.82) is 0 Å². The van der Waals surface area contributed by atoms with E-state index in [1.165, 1.54) is 5.56 Å². The number of methoxy groups -OCH3 is 1. The molecule has 21 heavy (non-hydrogen) atoms. The van der Waals surface area contributed by atoms with Crippen molar-refractivity contribution in [2.24, 2.45) is 0 Å². The summed E-state index contributed by atoms with van der Waals surface area (Å²) in [5.74, 6) is 1.65. The fourth-order valence-corrected chi connectivity index (χ4v) is 2.30. The molecule has 3 aromatic rings. The maximum atomic E-state index is 5.35. The molecule has 0 aliphatic carbocycles. The number of benzene rings is 2. The lowest BCUT2D eigenvalue weighted by Gasteiger charge is -2.11. The molecule has 4 heteroatoms. The molecule has 1 N–H and O–H groups in total. The van der Waals surface area contributed by atoms with E-state index < -0.39 is 0 Å². The lowest BCUT2D eigenvalue weighted by molar-refractivity contribution is 0.412. The first-order valence-corrected chi connectivity index (χ1v) is 6.80. The van der Waals surface area contributed by atoms with E-state index in [1.54, 1.807) is 13.4 Å². The summed E-state index contributed by atoms with van der Waals surface area (Å²) >= 11 is 0. The monoisotopic (exact) mass is 279 g/mol. The second-order valence-corrected chi connectivity index (χ2v) is 5.05. The molecule has 0 amide bonds. The number of nitrogens with one attached hydrogen (secondary N) is 1. The number of ether oxygens (including phenoxy) is 1. The number of fused-ring (bicyclic) bond motifs is 1. The molecule has 0 fully saturated rings. The molecule has 0 atom stereocenters. The molecule has 0 saturated heterocycles. The molecule has 1 heterocycles. The first kappa shape index (κ1) is 13.4. The van der Waals surface area contributed by atoms with Crippen molar-refractivity contribution < 1.29 is 4.74 Å². The highest BCUT2D eigenvalue weighted by molar-refractivity contribution is 5.91. The molecular formula is C17H17N3O. The van der Waals surface area contributed by atoms with Crippen LogP contribution in [0.3, 0.4) is 0 Å². The van der Waals surface area contributed by atoms with Crippen LogP contribution in [0, 0.1) is 13.8 Å². The topological polar surface area (TPSA) is 47.0 Å². The number of aryl methyl sites for hydroxylation is 2. The zero-order valence-corrected chi connectivity index (χ0v) is 12.3. The quantitative estimate of drug-likeness (QED) is 0.787. The minimum atomic E-state index is 0.797. The standard InChI is InChI=1S/C17H17N3O/c1-11-4-7-14-15(8-11)18-10-19-17(14)20-13-6-5-12(2)16(9-13)21-3/h4-10H,1-3H3,(H,18,19,20). The average Bonchev–Trinajstić information content (AvgIpc) is 2.49. The zero-order chi connectivity index (χ0) is 14.8. The zero-order valence-electron chi connectivity index (χ0n) is 12.3. The molecule has 2 aromatic carbocycles. The van der Waals surface area contributed by atoms with Crippen LogP contribution >= 0.6 is 0 Å². The van der Waals surface area contributed by atoms with Crippen molar-refractivity contribution >= 4 is 22.4 Å². The van der Waals surface area contributed by atoms with Crippen molar-refractivity contribution in [2.45, 2.75) is 13.8 Å². The average molecular weight is 279 g/mol. The summed E-state index contributed by atoms with van der Waals surface area (Å²) in [6.45, 7) is 4.07. The predicted molar refractivity (Wildman–Crippen MR) is 85.3 cm³/mol. The van der Waals surface area contributed by atoms with Gasteiger partial charge in [-0.1, -0.05) is 12.1 Å². The summed E-state index contributed by atoms with van der Waals surface area (Å²) in [5, 5.41) is 4.34. The Bertz CT molecular complexity index is 799. The van der Waals surface area contributed by atoms with E-state index in [-0.39, 0.29) is 0 Å². The van der Waals surface area contributed by atoms with Crippen LogP contribution in [-0.4, -0.2) is 17.1 Å². The highest BCUT2D eigenvalue weighted by atomic mass is 16.5. The Balaban J connectivity index is 2.02. The van der Waals surface area contributed by atoms with Gasteiger partial charge < -0.3 is 10.1 Å². The molecule has 4 nitrogen and oxygen atoms in total. The molecule has 106 valence electrons. The number of nitrogens with zero attached hydrogens (tertiary/aromatic N) is 2. The van der Waals surface area contributed by atoms with E-state index in [0.717, 1.165) is 33.7 Å². The Hall–Kier alpha value is -2.62. The Morgan fingerprint density at radius 2 is 1.86 bits per heavy atom. The Morgan fingerprint density at radius 1 is 1.00 bits per heavy atom. The summed E-state index contributed by atoms with van der Waals surface area (Å²) < 4.78 is 5.35. The van der Waals surface area contributed by atoms with Gasteiger partial charge in [0.1, 0.15) is 17.9 Å². The minimum absolute atomic E-state index is 0.797. The van der Waals surface area contributed by atoms with Gasteiger partial charge in [0, 0.05) is 17.1 Å². The fraction of sp³-hybridized carbons (Fsp3) is 0.176. The SMILES string of the molecule is COc1cc(Nc2ncnc3cc(C)ccc23)ccc1C. The first-order valence-electron chi connectivity index (χ1n) is 6.80. The summed E-state index contributed by atoms with van der Waals surface area (Å²) in [4.78, 5) is 8.66. The molecule has 0 unspecified atom stereocenters. The van der Waals surface area contributed by atoms with E-state index in [1.807, 2.05) is 31.2 Å². The van der Waals surface area contributed by atoms with E-state index in [2.05, 4.69) is 34.3 Å². The maximum absolute atomic E-state index is 5.35. The van der Waals surface area contributed by atoms with E-state index >= 15 is 0 Å². The van der Waals surface area contributed by atoms with Crippen LogP contribution in [0.5, 0.6) is 5.75 Å². The predicted octanol–water partition coefficient (Wildman–Crippen LogP) is 4.00. The second kappa shape index (κ2) is 5.40. The van der Waals surface area contributed by atoms with Crippen molar-refractivity contribution in [3.63, 3.8) is 0 Å². The molecule has 0 aliphatic rings. The van der Waals surface area contributed by atoms with Gasteiger partial charge in [-0.05, 0) is 43.2 Å². The van der Waals surface area contributed by atoms with Crippen molar-refractivity contribution in [3.8, 4) is 5.75 Å². The lowest BCUT2D eigenvalue weighted by atomic mass is 10.1. The molecular weight excluding hydrogens is 262 g/mol. The summed E-state index contributed by atoms with van der Waals surface area (Å²) in [7, 11) is 1.68. The van der Waals surface area contributed by atoms with Gasteiger partial charge in [-0.25, -0.2) is 9.97 Å². The Morgan fingerprint density at radius 3 is 2.67 bits per heavy atom. The van der Waals surface area contributed by atoms with E-state index in [0.29, 0.717) is 0 Å². The number of anilines is 2. The molecule has 0 saturated carbocycles. The largest absolute Gasteiger partial charge is 0.496 e. The molecule has 0 bridgehead atoms. The Labute approximate surface area is 123 Å². The molecule has 0 radical (unpaired) electrons. The van der Waals surface area contributed by atoms with Gasteiger partial charge >= 0.3 is 0 Å². The summed E-state index contributed by atoms with van der Waals surface area (Å²) in [6, 6.07) is 12.2. The number of hydrogen-bond donors (Lipinski definition) is 1. The van der Waals surface area contributed by atoms with Gasteiger partial charge in [0.25, 0.3) is 0 Å². The molecule has 0 aliphatic heterocycles. The third-order valence-electron chi connectivity index (χ3n) is 3.46. The van der Waals surface area contributed by atoms with Crippen LogP contribution in [0.1, 0.15) is 11.1 Å². The Kier molecular flexibility index (Phi) is 3.44. The third kappa shape index (κ3) is 2.65. The lowest BCUT2D eigenvalue weighted by Crippen LogP contribution is -1.97. The van der Waals surface area contributed by atoms with Crippen molar-refractivity contribution in [3.05, 3.63) is 53.9 Å². The second-order valence-electron chi connectivity index (χ2n) is 5.05. The van der Waals surface area contributed by atoms with Crippen LogP contribution in [0.4, 0.5) is 11.5 Å². The number of aromatic nitrogens is 2. The van der Waals surface area contributed by atoms with Gasteiger partial charge in [0.2, 0.25) is 0 Å². The van der Waals surface area contributed by atoms with Crippen molar-refractivity contribution in [1.82, 2.24) is 9.97 Å². The number of hydrogen-bond acceptors (Lipinski definition) is 4. The minimum Gasteiger partial charge on any atom is -0.496 e. The molecule has 1 aromatic heterocycles. The smallest absolute Gasteiger partial charge is 0.141 e. The van der Waals surface area contributed by atoms with Gasteiger partial charge in [0.05, 0.1) is 12.6 Å². The maximum Gasteiger partial charge on any atom is 0.141 e. The third-order valence-corrected chi connectivity index (χ3v) is 3.46. The van der Waals surface area contributed by atoms with Gasteiger partial charge in [0.15, 0.2) is 0 Å². The highest BCUT2D eigenvalue weighted by Crippen LogP contribution is 2.27. The van der Waals surface area contributed by atoms with Crippen LogP contribution in [0.25, 0.3) is 10.9 Å². The van der Waals surface area contributed by atoms with Gasteiger partial charge in [-0.15, -0.1) is 0 Å². The summed E-state index contributed by atoms with van der Waals surface area (Å²) in [6.07, 6.45) is 1.58. The van der Waals surface area contributed by atoms with Gasteiger partial charge in [-0.2, -0.15) is 0 Å². The first-order chi connectivity index (χ1) is 10.2. The normalized spacial score (nSPS) is 10.6. The van der Waals surface area contributed by atoms with Gasteiger partial charge in [-0.3, -0.25) is 0 Å². The van der Waals surface area contributed by atoms with E-state index in [4.69, 9.17) is 4.74 Å². The fourth-order valence-electron chi connectivity index (χ4n) is 2.30. The van der Waals surface area contributed by atoms with Crippen molar-refractivity contribution in [2.75, 3.05) is 12.4 Å². The van der Waals surface area contributed by atoms with Crippen LogP contribution in [-0.2, 0) is 0 Å².